The van der Waals surface area contributed by atoms with Crippen LogP contribution in [0.3, 0.4) is 0 Å². The number of benzene rings is 1. The molecule has 1 unspecified atom stereocenters. The van der Waals surface area contributed by atoms with E-state index in [1.807, 2.05) is 37.3 Å². The number of thioether (sulfide) groups is 1. The number of carboxylic acid groups (broad SMARTS) is 1. The molecule has 0 bridgehead atoms. The Hall–Kier alpha value is -1.04. The Labute approximate surface area is 130 Å². The van der Waals surface area contributed by atoms with Gasteiger partial charge in [-0.2, -0.15) is 11.8 Å². The molecule has 1 fully saturated rings. The zero-order valence-corrected chi connectivity index (χ0v) is 13.2. The van der Waals surface area contributed by atoms with E-state index in [1.165, 1.54) is 0 Å². The van der Waals surface area contributed by atoms with Crippen molar-refractivity contribution < 1.29 is 14.6 Å². The number of carboxylic acids is 1. The summed E-state index contributed by atoms with van der Waals surface area (Å²) >= 11 is 1.74. The van der Waals surface area contributed by atoms with Crippen molar-refractivity contribution in [2.24, 2.45) is 0 Å². The van der Waals surface area contributed by atoms with E-state index < -0.39 is 11.5 Å². The lowest BCUT2D eigenvalue weighted by atomic mass is 9.92. The molecule has 1 aliphatic heterocycles. The second-order valence-corrected chi connectivity index (χ2v) is 6.52. The zero-order chi connectivity index (χ0) is 15.1. The molecule has 1 aliphatic rings. The Kier molecular flexibility index (Phi) is 6.08. The second kappa shape index (κ2) is 7.82. The highest BCUT2D eigenvalue weighted by Gasteiger charge is 2.40. The van der Waals surface area contributed by atoms with Gasteiger partial charge in [0.1, 0.15) is 0 Å². The third kappa shape index (κ3) is 3.99. The minimum absolute atomic E-state index is 0.486. The molecule has 0 saturated carbocycles. The number of carbonyl (C=O) groups is 1. The number of hydrogen-bond acceptors (Lipinski definition) is 4. The minimum atomic E-state index is -1.01. The van der Waals surface area contributed by atoms with Crippen LogP contribution in [0.25, 0.3) is 0 Å². The Morgan fingerprint density at radius 2 is 2.05 bits per heavy atom. The van der Waals surface area contributed by atoms with Gasteiger partial charge in [0.25, 0.3) is 0 Å². The van der Waals surface area contributed by atoms with Gasteiger partial charge in [0, 0.05) is 24.2 Å². The summed E-state index contributed by atoms with van der Waals surface area (Å²) in [6, 6.07) is 9.48. The average molecular weight is 309 g/mol. The second-order valence-electron chi connectivity index (χ2n) is 5.23. The van der Waals surface area contributed by atoms with Gasteiger partial charge in [-0.15, -0.1) is 0 Å². The van der Waals surface area contributed by atoms with E-state index in [-0.39, 0.29) is 0 Å². The predicted molar refractivity (Wildman–Crippen MR) is 85.7 cm³/mol. The molecule has 0 radical (unpaired) electrons. The molecule has 1 saturated heterocycles. The van der Waals surface area contributed by atoms with Gasteiger partial charge in [-0.25, -0.2) is 4.79 Å². The Morgan fingerprint density at radius 3 is 2.62 bits per heavy atom. The molecule has 21 heavy (non-hydrogen) atoms. The van der Waals surface area contributed by atoms with Gasteiger partial charge in [-0.3, -0.25) is 5.32 Å². The maximum Gasteiger partial charge on any atom is 0.329 e. The van der Waals surface area contributed by atoms with Crippen LogP contribution < -0.4 is 5.32 Å². The molecule has 5 heteroatoms. The molecule has 4 nitrogen and oxygen atoms in total. The summed E-state index contributed by atoms with van der Waals surface area (Å²) in [5, 5.41) is 13.5. The van der Waals surface area contributed by atoms with Crippen LogP contribution >= 0.6 is 11.8 Å². The van der Waals surface area contributed by atoms with E-state index in [0.717, 1.165) is 31.6 Å². The molecule has 2 rings (SSSR count). The van der Waals surface area contributed by atoms with Crippen LogP contribution in [0.15, 0.2) is 30.3 Å². The zero-order valence-electron chi connectivity index (χ0n) is 12.4. The summed E-state index contributed by atoms with van der Waals surface area (Å²) in [5.74, 6) is -0.277. The number of likely N-dealkylation sites (N-methyl/N-ethyl adjacent to an activating group) is 1. The van der Waals surface area contributed by atoms with Gasteiger partial charge in [0.2, 0.25) is 0 Å². The molecule has 0 aromatic heterocycles. The SMILES string of the molecule is CCNC(CSC1CCOCC1)(C(=O)O)c1ccccc1. The number of ether oxygens (including phenoxy) is 1. The van der Waals surface area contributed by atoms with E-state index in [2.05, 4.69) is 5.32 Å². The van der Waals surface area contributed by atoms with E-state index >= 15 is 0 Å². The van der Waals surface area contributed by atoms with E-state index in [4.69, 9.17) is 4.74 Å². The maximum absolute atomic E-state index is 12.0. The van der Waals surface area contributed by atoms with Gasteiger partial charge in [0.05, 0.1) is 0 Å². The Morgan fingerprint density at radius 1 is 1.38 bits per heavy atom. The third-order valence-electron chi connectivity index (χ3n) is 3.81. The summed E-state index contributed by atoms with van der Waals surface area (Å²) in [4.78, 5) is 12.0. The lowest BCUT2D eigenvalue weighted by Gasteiger charge is -2.33. The number of rotatable bonds is 7. The van der Waals surface area contributed by atoms with E-state index in [0.29, 0.717) is 17.5 Å². The molecular weight excluding hydrogens is 286 g/mol. The molecule has 1 aromatic rings. The van der Waals surface area contributed by atoms with Crippen molar-refractivity contribution in [2.75, 3.05) is 25.5 Å². The fraction of sp³-hybridized carbons (Fsp3) is 0.562. The molecule has 0 amide bonds. The quantitative estimate of drug-likeness (QED) is 0.810. The lowest BCUT2D eigenvalue weighted by Crippen LogP contribution is -2.51. The Bertz CT molecular complexity index is 448. The first-order valence-corrected chi connectivity index (χ1v) is 8.47. The topological polar surface area (TPSA) is 58.6 Å². The first-order chi connectivity index (χ1) is 10.2. The highest BCUT2D eigenvalue weighted by Crippen LogP contribution is 2.31. The van der Waals surface area contributed by atoms with Crippen molar-refractivity contribution >= 4 is 17.7 Å². The van der Waals surface area contributed by atoms with Crippen molar-refractivity contribution in [3.8, 4) is 0 Å². The number of nitrogens with one attached hydrogen (secondary N) is 1. The van der Waals surface area contributed by atoms with E-state index in [9.17, 15) is 9.90 Å². The minimum Gasteiger partial charge on any atom is -0.480 e. The number of hydrogen-bond donors (Lipinski definition) is 2. The molecule has 1 heterocycles. The summed E-state index contributed by atoms with van der Waals surface area (Å²) < 4.78 is 5.37. The van der Waals surface area contributed by atoms with Crippen molar-refractivity contribution in [2.45, 2.75) is 30.6 Å². The van der Waals surface area contributed by atoms with Crippen LogP contribution in [0.5, 0.6) is 0 Å². The van der Waals surface area contributed by atoms with Gasteiger partial charge in [-0.1, -0.05) is 37.3 Å². The summed E-state index contributed by atoms with van der Waals surface area (Å²) in [6.07, 6.45) is 2.00. The van der Waals surface area contributed by atoms with Crippen molar-refractivity contribution in [3.05, 3.63) is 35.9 Å². The first kappa shape index (κ1) is 16.3. The highest BCUT2D eigenvalue weighted by atomic mass is 32.2. The van der Waals surface area contributed by atoms with Crippen LogP contribution in [0.2, 0.25) is 0 Å². The van der Waals surface area contributed by atoms with Crippen LogP contribution in [-0.2, 0) is 15.1 Å². The van der Waals surface area contributed by atoms with Crippen LogP contribution in [-0.4, -0.2) is 41.8 Å². The van der Waals surface area contributed by atoms with Crippen molar-refractivity contribution in [1.82, 2.24) is 5.32 Å². The normalized spacial score (nSPS) is 19.1. The molecule has 1 aromatic carbocycles. The third-order valence-corrected chi connectivity index (χ3v) is 5.36. The lowest BCUT2D eigenvalue weighted by molar-refractivity contribution is -0.144. The van der Waals surface area contributed by atoms with Crippen molar-refractivity contribution in [3.63, 3.8) is 0 Å². The van der Waals surface area contributed by atoms with Crippen molar-refractivity contribution in [1.29, 1.82) is 0 Å². The standard InChI is InChI=1S/C16H23NO3S/c1-2-17-16(15(18)19,13-6-4-3-5-7-13)12-21-14-8-10-20-11-9-14/h3-7,14,17H,2,8-12H2,1H3,(H,18,19). The molecule has 1 atom stereocenters. The first-order valence-electron chi connectivity index (χ1n) is 7.42. The van der Waals surface area contributed by atoms with Gasteiger partial charge in [0.15, 0.2) is 5.54 Å². The maximum atomic E-state index is 12.0. The van der Waals surface area contributed by atoms with Gasteiger partial charge < -0.3 is 9.84 Å². The van der Waals surface area contributed by atoms with Crippen LogP contribution in [0.1, 0.15) is 25.3 Å². The fourth-order valence-electron chi connectivity index (χ4n) is 2.61. The largest absolute Gasteiger partial charge is 0.480 e. The average Bonchev–Trinajstić information content (AvgIpc) is 2.53. The predicted octanol–water partition coefficient (Wildman–Crippen LogP) is 2.49. The van der Waals surface area contributed by atoms with Crippen LogP contribution in [0.4, 0.5) is 0 Å². The highest BCUT2D eigenvalue weighted by molar-refractivity contribution is 8.00. The van der Waals surface area contributed by atoms with Crippen LogP contribution in [0, 0.1) is 0 Å². The smallest absolute Gasteiger partial charge is 0.329 e. The molecule has 0 spiro atoms. The summed E-state index contributed by atoms with van der Waals surface area (Å²) in [6.45, 7) is 4.13. The molecular formula is C16H23NO3S. The van der Waals surface area contributed by atoms with Gasteiger partial charge in [-0.05, 0) is 24.9 Å². The van der Waals surface area contributed by atoms with Gasteiger partial charge >= 0.3 is 5.97 Å². The summed E-state index contributed by atoms with van der Waals surface area (Å²) in [5.41, 5.74) is -0.196. The molecule has 2 N–H and O–H groups in total. The fourth-order valence-corrected chi connectivity index (χ4v) is 4.01. The van der Waals surface area contributed by atoms with E-state index in [1.54, 1.807) is 11.8 Å². The molecule has 0 aliphatic carbocycles. The molecule has 116 valence electrons. The summed E-state index contributed by atoms with van der Waals surface area (Å²) in [7, 11) is 0. The Balaban J connectivity index is 2.16. The monoisotopic (exact) mass is 309 g/mol. The number of aliphatic carboxylic acids is 1.